The molecule has 7 nitrogen and oxygen atoms in total. The van der Waals surface area contributed by atoms with Gasteiger partial charge in [0.15, 0.2) is 5.60 Å². The van der Waals surface area contributed by atoms with Gasteiger partial charge in [-0.15, -0.1) is 0 Å². The van der Waals surface area contributed by atoms with Gasteiger partial charge in [-0.25, -0.2) is 9.59 Å². The van der Waals surface area contributed by atoms with Crippen molar-refractivity contribution in [3.63, 3.8) is 0 Å². The minimum absolute atomic E-state index is 0.0408. The molecule has 0 aromatic heterocycles. The molecule has 2 aromatic carbocycles. The molecule has 0 aliphatic carbocycles. The summed E-state index contributed by atoms with van der Waals surface area (Å²) in [6, 6.07) is 14.1. The van der Waals surface area contributed by atoms with Gasteiger partial charge >= 0.3 is 12.0 Å². The second-order valence-electron chi connectivity index (χ2n) is 11.4. The van der Waals surface area contributed by atoms with Crippen LogP contribution in [0.3, 0.4) is 0 Å². The molecule has 3 rings (SSSR count). The summed E-state index contributed by atoms with van der Waals surface area (Å²) >= 11 is 0. The molecule has 1 aliphatic rings. The van der Waals surface area contributed by atoms with E-state index >= 15 is 0 Å². The van der Waals surface area contributed by atoms with Crippen molar-refractivity contribution in [3.05, 3.63) is 59.2 Å². The quantitative estimate of drug-likeness (QED) is 0.408. The van der Waals surface area contributed by atoms with Gasteiger partial charge in [-0.2, -0.15) is 0 Å². The van der Waals surface area contributed by atoms with E-state index in [9.17, 15) is 14.7 Å². The van der Waals surface area contributed by atoms with E-state index in [1.807, 2.05) is 29.0 Å². The van der Waals surface area contributed by atoms with E-state index in [0.717, 1.165) is 36.1 Å². The van der Waals surface area contributed by atoms with E-state index in [4.69, 9.17) is 9.47 Å². The van der Waals surface area contributed by atoms with E-state index in [0.29, 0.717) is 25.4 Å². The zero-order valence-corrected chi connectivity index (χ0v) is 23.3. The van der Waals surface area contributed by atoms with Crippen LogP contribution in [0.1, 0.15) is 71.1 Å². The third-order valence-electron chi connectivity index (χ3n) is 6.89. The number of aryl methyl sites for hydroxylation is 1. The molecule has 7 heteroatoms. The maximum Gasteiger partial charge on any atom is 0.347 e. The Morgan fingerprint density at radius 3 is 2.35 bits per heavy atom. The van der Waals surface area contributed by atoms with Crippen molar-refractivity contribution in [1.29, 1.82) is 0 Å². The number of aliphatic carboxylic acids is 1. The van der Waals surface area contributed by atoms with Gasteiger partial charge < -0.3 is 24.4 Å². The first-order chi connectivity index (χ1) is 17.3. The van der Waals surface area contributed by atoms with Crippen LogP contribution in [0.2, 0.25) is 0 Å². The third kappa shape index (κ3) is 7.18. The van der Waals surface area contributed by atoms with Crippen molar-refractivity contribution < 1.29 is 24.2 Å². The average molecular weight is 511 g/mol. The Bertz CT molecular complexity index is 1090. The summed E-state index contributed by atoms with van der Waals surface area (Å²) in [5.74, 6) is 0.261. The second-order valence-corrected chi connectivity index (χ2v) is 11.4. The lowest BCUT2D eigenvalue weighted by Crippen LogP contribution is -2.37. The number of carbonyl (C=O) groups excluding carboxylic acids is 1. The molecule has 2 aromatic rings. The summed E-state index contributed by atoms with van der Waals surface area (Å²) in [5, 5.41) is 9.35. The Hall–Kier alpha value is -3.22. The average Bonchev–Trinajstić information content (AvgIpc) is 3.08. The number of carboxylic acid groups (broad SMARTS) is 1. The highest BCUT2D eigenvalue weighted by molar-refractivity contribution is 5.77. The van der Waals surface area contributed by atoms with Crippen LogP contribution in [-0.4, -0.2) is 58.7 Å². The molecule has 2 amide bonds. The minimum Gasteiger partial charge on any atom is -0.493 e. The van der Waals surface area contributed by atoms with Crippen LogP contribution in [0, 0.1) is 0 Å². The molecular formula is C30H42N2O5. The summed E-state index contributed by atoms with van der Waals surface area (Å²) < 4.78 is 11.8. The van der Waals surface area contributed by atoms with Gasteiger partial charge in [0.2, 0.25) is 0 Å². The lowest BCUT2D eigenvalue weighted by atomic mass is 9.87. The SMILES string of the molecule is CCCc1cc(OC(C)(C)C(=O)O)ccc1OCC[C@H]1CN(Cc2ccc(C(C)(C)C)cc2)C(=O)N1C. The highest BCUT2D eigenvalue weighted by Crippen LogP contribution is 2.29. The number of likely N-dealkylation sites (N-methyl/N-ethyl adjacent to an activating group) is 1. The monoisotopic (exact) mass is 510 g/mol. The molecule has 1 fully saturated rings. The van der Waals surface area contributed by atoms with Crippen LogP contribution in [-0.2, 0) is 23.2 Å². The predicted molar refractivity (Wildman–Crippen MR) is 145 cm³/mol. The minimum atomic E-state index is -1.31. The number of ether oxygens (including phenoxy) is 2. The molecule has 1 heterocycles. The standard InChI is InChI=1S/C30H42N2O5/c1-8-9-22-18-25(37-30(5,6)27(33)34)14-15-26(22)36-17-16-24-20-32(28(35)31(24)7)19-21-10-12-23(13-11-21)29(2,3)4/h10-15,18,24H,8-9,16-17,19-20H2,1-7H3,(H,33,34)/t24-/m0/s1. The van der Waals surface area contributed by atoms with Crippen molar-refractivity contribution in [1.82, 2.24) is 9.80 Å². The molecule has 202 valence electrons. The molecule has 0 bridgehead atoms. The number of carbonyl (C=O) groups is 2. The maximum absolute atomic E-state index is 12.9. The third-order valence-corrected chi connectivity index (χ3v) is 6.89. The number of rotatable bonds is 11. The molecule has 0 radical (unpaired) electrons. The largest absolute Gasteiger partial charge is 0.493 e. The number of urea groups is 1. The summed E-state index contributed by atoms with van der Waals surface area (Å²) in [7, 11) is 1.86. The predicted octanol–water partition coefficient (Wildman–Crippen LogP) is 5.88. The van der Waals surface area contributed by atoms with Crippen LogP contribution in [0.25, 0.3) is 0 Å². The van der Waals surface area contributed by atoms with Gasteiger partial charge in [-0.3, -0.25) is 0 Å². The van der Waals surface area contributed by atoms with Gasteiger partial charge in [0.25, 0.3) is 0 Å². The number of hydrogen-bond donors (Lipinski definition) is 1. The highest BCUT2D eigenvalue weighted by Gasteiger charge is 2.34. The van der Waals surface area contributed by atoms with E-state index in [-0.39, 0.29) is 17.5 Å². The van der Waals surface area contributed by atoms with Gasteiger partial charge in [-0.1, -0.05) is 58.4 Å². The molecule has 1 aliphatic heterocycles. The van der Waals surface area contributed by atoms with Crippen molar-refractivity contribution in [3.8, 4) is 11.5 Å². The molecule has 0 saturated carbocycles. The topological polar surface area (TPSA) is 79.3 Å². The summed E-state index contributed by atoms with van der Waals surface area (Å²) in [6.45, 7) is 13.5. The fourth-order valence-electron chi connectivity index (χ4n) is 4.45. The Morgan fingerprint density at radius 1 is 1.08 bits per heavy atom. The van der Waals surface area contributed by atoms with Gasteiger partial charge in [0.1, 0.15) is 11.5 Å². The lowest BCUT2D eigenvalue weighted by molar-refractivity contribution is -0.152. The number of benzene rings is 2. The Kier molecular flexibility index (Phi) is 8.77. The zero-order chi connectivity index (χ0) is 27.4. The smallest absolute Gasteiger partial charge is 0.347 e. The molecular weight excluding hydrogens is 468 g/mol. The Labute approximate surface area is 221 Å². The number of carboxylic acids is 1. The van der Waals surface area contributed by atoms with Crippen LogP contribution in [0.15, 0.2) is 42.5 Å². The molecule has 37 heavy (non-hydrogen) atoms. The van der Waals surface area contributed by atoms with E-state index < -0.39 is 11.6 Å². The molecule has 1 N–H and O–H groups in total. The fraction of sp³-hybridized carbons (Fsp3) is 0.533. The zero-order valence-electron chi connectivity index (χ0n) is 23.3. The summed E-state index contributed by atoms with van der Waals surface area (Å²) in [6.07, 6.45) is 2.44. The van der Waals surface area contributed by atoms with E-state index in [2.05, 4.69) is 52.0 Å². The van der Waals surface area contributed by atoms with Gasteiger partial charge in [0.05, 0.1) is 12.6 Å². The number of nitrogens with zero attached hydrogens (tertiary/aromatic N) is 2. The Balaban J connectivity index is 1.58. The first-order valence-corrected chi connectivity index (χ1v) is 13.1. The van der Waals surface area contributed by atoms with Crippen LogP contribution >= 0.6 is 0 Å². The number of hydrogen-bond acceptors (Lipinski definition) is 4. The van der Waals surface area contributed by atoms with Crippen molar-refractivity contribution in [2.45, 2.75) is 84.4 Å². The highest BCUT2D eigenvalue weighted by atomic mass is 16.5. The summed E-state index contributed by atoms with van der Waals surface area (Å²) in [4.78, 5) is 28.0. The lowest BCUT2D eigenvalue weighted by Gasteiger charge is -2.23. The molecule has 1 saturated heterocycles. The van der Waals surface area contributed by atoms with Crippen molar-refractivity contribution >= 4 is 12.0 Å². The van der Waals surface area contributed by atoms with E-state index in [1.165, 1.54) is 19.4 Å². The maximum atomic E-state index is 12.9. The van der Waals surface area contributed by atoms with Crippen LogP contribution in [0.5, 0.6) is 11.5 Å². The Morgan fingerprint density at radius 2 is 1.76 bits per heavy atom. The number of amides is 2. The first-order valence-electron chi connectivity index (χ1n) is 13.1. The van der Waals surface area contributed by atoms with Crippen LogP contribution in [0.4, 0.5) is 4.79 Å². The molecule has 0 spiro atoms. The van der Waals surface area contributed by atoms with Crippen LogP contribution < -0.4 is 9.47 Å². The summed E-state index contributed by atoms with van der Waals surface area (Å²) in [5.41, 5.74) is 2.18. The first kappa shape index (κ1) is 28.4. The molecule has 0 unspecified atom stereocenters. The van der Waals surface area contributed by atoms with Crippen molar-refractivity contribution in [2.24, 2.45) is 0 Å². The normalized spacial score (nSPS) is 16.3. The second kappa shape index (κ2) is 11.4. The molecule has 1 atom stereocenters. The van der Waals surface area contributed by atoms with E-state index in [1.54, 1.807) is 6.07 Å². The van der Waals surface area contributed by atoms with Crippen molar-refractivity contribution in [2.75, 3.05) is 20.2 Å². The van der Waals surface area contributed by atoms with Gasteiger partial charge in [0, 0.05) is 26.6 Å². The fourth-order valence-corrected chi connectivity index (χ4v) is 4.45. The van der Waals surface area contributed by atoms with Gasteiger partial charge in [-0.05, 0) is 60.6 Å².